The zero-order valence-electron chi connectivity index (χ0n) is 15.8. The van der Waals surface area contributed by atoms with Crippen molar-refractivity contribution >= 4 is 34.9 Å². The highest BCUT2D eigenvalue weighted by molar-refractivity contribution is 7.80. The van der Waals surface area contributed by atoms with Crippen molar-refractivity contribution in [2.45, 2.75) is 38.9 Å². The molecule has 1 atom stereocenters. The van der Waals surface area contributed by atoms with Crippen LogP contribution in [0.3, 0.4) is 0 Å². The minimum absolute atomic E-state index is 0.191. The van der Waals surface area contributed by atoms with E-state index in [0.717, 1.165) is 30.7 Å². The van der Waals surface area contributed by atoms with Crippen molar-refractivity contribution < 1.29 is 13.9 Å². The lowest BCUT2D eigenvalue weighted by Crippen LogP contribution is -2.54. The molecule has 0 aliphatic carbocycles. The molecule has 3 rings (SSSR count). The average molecular weight is 404 g/mol. The largest absolute Gasteiger partial charge is 0.467 e. The van der Waals surface area contributed by atoms with Gasteiger partial charge in [0.25, 0.3) is 0 Å². The summed E-state index contributed by atoms with van der Waals surface area (Å²) in [6, 6.07) is 7.44. The molecule has 1 unspecified atom stereocenters. The van der Waals surface area contributed by atoms with E-state index >= 15 is 0 Å². The van der Waals surface area contributed by atoms with E-state index < -0.39 is 0 Å². The number of amides is 1. The Labute approximate surface area is 169 Å². The minimum Gasteiger partial charge on any atom is -0.467 e. The van der Waals surface area contributed by atoms with Crippen molar-refractivity contribution in [3.8, 4) is 0 Å². The van der Waals surface area contributed by atoms with Gasteiger partial charge in [-0.05, 0) is 62.7 Å². The summed E-state index contributed by atoms with van der Waals surface area (Å²) in [4.78, 5) is 18.2. The molecule has 0 bridgehead atoms. The Kier molecular flexibility index (Phi) is 7.07. The summed E-state index contributed by atoms with van der Waals surface area (Å²) in [5.74, 6) is 1.47. The summed E-state index contributed by atoms with van der Waals surface area (Å²) in [6.07, 6.45) is 5.63. The molecule has 2 aromatic heterocycles. The van der Waals surface area contributed by atoms with E-state index in [1.807, 2.05) is 24.3 Å². The summed E-state index contributed by atoms with van der Waals surface area (Å²) in [5.41, 5.74) is 0.741. The molecule has 3 N–H and O–H groups in total. The van der Waals surface area contributed by atoms with Crippen molar-refractivity contribution in [1.29, 1.82) is 0 Å². The molecule has 0 radical (unpaired) electrons. The van der Waals surface area contributed by atoms with E-state index in [9.17, 15) is 4.79 Å². The second kappa shape index (κ2) is 9.93. The van der Waals surface area contributed by atoms with Gasteiger partial charge in [-0.25, -0.2) is 9.78 Å². The maximum Gasteiger partial charge on any atom is 0.411 e. The lowest BCUT2D eigenvalue weighted by Gasteiger charge is -2.35. The van der Waals surface area contributed by atoms with Crippen LogP contribution in [-0.2, 0) is 11.3 Å². The lowest BCUT2D eigenvalue weighted by atomic mass is 10.1. The Bertz CT molecular complexity index is 784. The molecule has 28 heavy (non-hydrogen) atoms. The highest BCUT2D eigenvalue weighted by atomic mass is 32.1. The molecule has 0 spiro atoms. The maximum absolute atomic E-state index is 12.2. The number of ether oxygens (including phenoxy) is 1. The molecule has 1 saturated heterocycles. The number of nitrogens with one attached hydrogen (secondary N) is 3. The smallest absolute Gasteiger partial charge is 0.411 e. The quantitative estimate of drug-likeness (QED) is 0.631. The van der Waals surface area contributed by atoms with Crippen LogP contribution in [0.5, 0.6) is 0 Å². The Morgan fingerprint density at radius 2 is 2.29 bits per heavy atom. The Balaban J connectivity index is 1.60. The zero-order chi connectivity index (χ0) is 19.8. The monoisotopic (exact) mass is 403 g/mol. The Morgan fingerprint density at radius 1 is 1.39 bits per heavy atom. The number of hydrogen-bond donors (Lipinski definition) is 3. The molecule has 0 saturated carbocycles. The second-order valence-corrected chi connectivity index (χ2v) is 6.74. The molecule has 1 amide bonds. The summed E-state index contributed by atoms with van der Waals surface area (Å²) >= 11 is 5.47. The third-order valence-corrected chi connectivity index (χ3v) is 4.59. The number of anilines is 2. The number of piperidine rings is 1. The van der Waals surface area contributed by atoms with Crippen LogP contribution in [0, 0.1) is 0 Å². The number of aromatic nitrogens is 1. The molecule has 3 heterocycles. The summed E-state index contributed by atoms with van der Waals surface area (Å²) in [6.45, 7) is 3.32. The molecule has 150 valence electrons. The fourth-order valence-electron chi connectivity index (χ4n) is 3.05. The van der Waals surface area contributed by atoms with Crippen molar-refractivity contribution in [1.82, 2.24) is 15.2 Å². The number of nitrogens with zero attached hydrogens (tertiary/aromatic N) is 2. The molecule has 2 aromatic rings. The number of likely N-dealkylation sites (tertiary alicyclic amines) is 1. The van der Waals surface area contributed by atoms with Gasteiger partial charge in [-0.3, -0.25) is 4.90 Å². The van der Waals surface area contributed by atoms with E-state index in [1.165, 1.54) is 0 Å². The van der Waals surface area contributed by atoms with E-state index in [-0.39, 0.29) is 12.3 Å². The van der Waals surface area contributed by atoms with Gasteiger partial charge in [0, 0.05) is 12.7 Å². The minimum atomic E-state index is -0.315. The molecule has 8 nitrogen and oxygen atoms in total. The summed E-state index contributed by atoms with van der Waals surface area (Å²) in [5, 5.41) is 10.0. The lowest BCUT2D eigenvalue weighted by molar-refractivity contribution is 0.0732. The standard InChI is InChI=1S/C19H25N5O3S/c1-2-26-19(25)24-11-4-3-9-16(24)23-18(28)22-15-8-5-10-20-17(15)21-13-14-7-6-12-27-14/h5-8,10,12,16H,2-4,9,11,13H2,1H3,(H,20,21)(H2,22,23,28). The number of hydrogen-bond acceptors (Lipinski definition) is 6. The molecule has 1 fully saturated rings. The van der Waals surface area contributed by atoms with Crippen molar-refractivity contribution in [2.75, 3.05) is 23.8 Å². The van der Waals surface area contributed by atoms with Crippen LogP contribution < -0.4 is 16.0 Å². The maximum atomic E-state index is 12.2. The predicted octanol–water partition coefficient (Wildman–Crippen LogP) is 3.54. The van der Waals surface area contributed by atoms with Gasteiger partial charge in [-0.1, -0.05) is 0 Å². The number of furan rings is 1. The fraction of sp³-hybridized carbons (Fsp3) is 0.421. The number of pyridine rings is 1. The highest BCUT2D eigenvalue weighted by Crippen LogP contribution is 2.20. The fourth-order valence-corrected chi connectivity index (χ4v) is 3.29. The Hall–Kier alpha value is -2.81. The van der Waals surface area contributed by atoms with Gasteiger partial charge in [0.2, 0.25) is 0 Å². The van der Waals surface area contributed by atoms with Crippen LogP contribution in [0.15, 0.2) is 41.1 Å². The van der Waals surface area contributed by atoms with Crippen LogP contribution in [0.4, 0.5) is 16.3 Å². The van der Waals surface area contributed by atoms with Crippen LogP contribution >= 0.6 is 12.2 Å². The third kappa shape index (κ3) is 5.35. The normalized spacial score (nSPS) is 16.3. The van der Waals surface area contributed by atoms with Gasteiger partial charge in [-0.2, -0.15) is 0 Å². The first-order chi connectivity index (χ1) is 13.7. The number of carbonyl (C=O) groups is 1. The molecular weight excluding hydrogens is 378 g/mol. The summed E-state index contributed by atoms with van der Waals surface area (Å²) < 4.78 is 10.5. The van der Waals surface area contributed by atoms with Gasteiger partial charge in [0.1, 0.15) is 17.7 Å². The third-order valence-electron chi connectivity index (χ3n) is 4.37. The number of rotatable bonds is 6. The van der Waals surface area contributed by atoms with E-state index in [0.29, 0.717) is 30.6 Å². The SMILES string of the molecule is CCOC(=O)N1CCCCC1NC(=S)Nc1cccnc1NCc1ccco1. The van der Waals surface area contributed by atoms with Crippen LogP contribution in [0.25, 0.3) is 0 Å². The average Bonchev–Trinajstić information content (AvgIpc) is 3.21. The van der Waals surface area contributed by atoms with E-state index in [4.69, 9.17) is 21.4 Å². The molecule has 1 aliphatic heterocycles. The van der Waals surface area contributed by atoms with Gasteiger partial charge in [-0.15, -0.1) is 0 Å². The predicted molar refractivity (Wildman–Crippen MR) is 111 cm³/mol. The van der Waals surface area contributed by atoms with Gasteiger partial charge in [0.05, 0.1) is 25.1 Å². The van der Waals surface area contributed by atoms with Crippen molar-refractivity contribution in [3.05, 3.63) is 42.5 Å². The zero-order valence-corrected chi connectivity index (χ0v) is 16.6. The first kappa shape index (κ1) is 19.9. The van der Waals surface area contributed by atoms with Gasteiger partial charge < -0.3 is 25.1 Å². The molecular formula is C19H25N5O3S. The van der Waals surface area contributed by atoms with Crippen LogP contribution in [0.2, 0.25) is 0 Å². The number of thiocarbonyl (C=S) groups is 1. The van der Waals surface area contributed by atoms with Crippen LogP contribution in [0.1, 0.15) is 31.9 Å². The topological polar surface area (TPSA) is 91.7 Å². The van der Waals surface area contributed by atoms with Crippen molar-refractivity contribution in [2.24, 2.45) is 0 Å². The van der Waals surface area contributed by atoms with E-state index in [1.54, 1.807) is 24.3 Å². The molecule has 0 aromatic carbocycles. The first-order valence-electron chi connectivity index (χ1n) is 9.39. The number of carbonyl (C=O) groups excluding carboxylic acids is 1. The summed E-state index contributed by atoms with van der Waals surface area (Å²) in [7, 11) is 0. The first-order valence-corrected chi connectivity index (χ1v) is 9.80. The highest BCUT2D eigenvalue weighted by Gasteiger charge is 2.28. The molecule has 1 aliphatic rings. The van der Waals surface area contributed by atoms with Gasteiger partial charge in [0.15, 0.2) is 5.11 Å². The Morgan fingerprint density at radius 3 is 3.07 bits per heavy atom. The second-order valence-electron chi connectivity index (χ2n) is 6.33. The van der Waals surface area contributed by atoms with Crippen LogP contribution in [-0.4, -0.2) is 40.4 Å². The van der Waals surface area contributed by atoms with E-state index in [2.05, 4.69) is 20.9 Å². The van der Waals surface area contributed by atoms with Crippen molar-refractivity contribution in [3.63, 3.8) is 0 Å². The van der Waals surface area contributed by atoms with Gasteiger partial charge >= 0.3 is 6.09 Å². The molecule has 9 heteroatoms.